The van der Waals surface area contributed by atoms with E-state index in [9.17, 15) is 0 Å². The van der Waals surface area contributed by atoms with Gasteiger partial charge in [0.2, 0.25) is 5.90 Å². The van der Waals surface area contributed by atoms with Gasteiger partial charge in [-0.25, -0.2) is 4.99 Å². The van der Waals surface area contributed by atoms with E-state index in [1.54, 1.807) is 0 Å². The van der Waals surface area contributed by atoms with E-state index >= 15 is 0 Å². The fourth-order valence-corrected chi connectivity index (χ4v) is 3.71. The first-order valence-electron chi connectivity index (χ1n) is 8.59. The van der Waals surface area contributed by atoms with Crippen LogP contribution in [0.15, 0.2) is 65.7 Å². The normalized spacial score (nSPS) is 30.5. The number of hydrogen-bond acceptors (Lipinski definition) is 3. The molecule has 0 amide bonds. The zero-order valence-electron chi connectivity index (χ0n) is 14.6. The van der Waals surface area contributed by atoms with Crippen LogP contribution in [0.5, 0.6) is 0 Å². The van der Waals surface area contributed by atoms with Crippen molar-refractivity contribution < 1.29 is 4.74 Å². The molecule has 4 rings (SSSR count). The van der Waals surface area contributed by atoms with Crippen LogP contribution in [0, 0.1) is 0 Å². The second-order valence-corrected chi connectivity index (χ2v) is 7.59. The van der Waals surface area contributed by atoms with Crippen molar-refractivity contribution in [2.45, 2.75) is 44.4 Å². The Labute approximate surface area is 144 Å². The minimum absolute atomic E-state index is 0.124. The first-order chi connectivity index (χ1) is 11.5. The van der Waals surface area contributed by atoms with Crippen molar-refractivity contribution in [3.8, 4) is 0 Å². The van der Waals surface area contributed by atoms with Gasteiger partial charge in [0.1, 0.15) is 12.1 Å². The molecule has 2 aliphatic heterocycles. The smallest absolute Gasteiger partial charge is 0.206 e. The molecule has 0 N–H and O–H groups in total. The summed E-state index contributed by atoms with van der Waals surface area (Å²) in [5, 5.41) is 0. The molecule has 3 heteroatoms. The summed E-state index contributed by atoms with van der Waals surface area (Å²) < 4.78 is 6.02. The van der Waals surface area contributed by atoms with Crippen LogP contribution in [0.4, 0.5) is 0 Å². The SMILES string of the molecule is CC1(C)COC([C@]2(C)[C@@H](c3ccccc3)N2Cc2ccccc2)=N1. The molecule has 2 aromatic carbocycles. The molecule has 1 fully saturated rings. The van der Waals surface area contributed by atoms with Gasteiger partial charge in [0.15, 0.2) is 0 Å². The van der Waals surface area contributed by atoms with Gasteiger partial charge in [-0.1, -0.05) is 60.7 Å². The van der Waals surface area contributed by atoms with Gasteiger partial charge in [0, 0.05) is 6.54 Å². The second kappa shape index (κ2) is 5.45. The molecule has 2 aliphatic rings. The molecule has 3 nitrogen and oxygen atoms in total. The predicted molar refractivity (Wildman–Crippen MR) is 97.0 cm³/mol. The highest BCUT2D eigenvalue weighted by Gasteiger charge is 2.65. The maximum Gasteiger partial charge on any atom is 0.206 e. The third-order valence-electron chi connectivity index (χ3n) is 5.08. The van der Waals surface area contributed by atoms with Crippen LogP contribution >= 0.6 is 0 Å². The van der Waals surface area contributed by atoms with Crippen molar-refractivity contribution in [2.24, 2.45) is 4.99 Å². The van der Waals surface area contributed by atoms with E-state index < -0.39 is 0 Å². The third-order valence-corrected chi connectivity index (χ3v) is 5.08. The van der Waals surface area contributed by atoms with Crippen molar-refractivity contribution in [2.75, 3.05) is 6.61 Å². The number of hydrogen-bond donors (Lipinski definition) is 0. The molecule has 0 bridgehead atoms. The van der Waals surface area contributed by atoms with Gasteiger partial charge in [-0.3, -0.25) is 4.90 Å². The van der Waals surface area contributed by atoms with Gasteiger partial charge in [-0.2, -0.15) is 0 Å². The monoisotopic (exact) mass is 320 g/mol. The highest BCUT2D eigenvalue weighted by Crippen LogP contribution is 2.56. The minimum atomic E-state index is -0.162. The van der Waals surface area contributed by atoms with Crippen molar-refractivity contribution in [1.82, 2.24) is 4.90 Å². The van der Waals surface area contributed by atoms with Gasteiger partial charge >= 0.3 is 0 Å². The lowest BCUT2D eigenvalue weighted by molar-refractivity contribution is 0.263. The van der Waals surface area contributed by atoms with Gasteiger partial charge in [-0.15, -0.1) is 0 Å². The van der Waals surface area contributed by atoms with Gasteiger partial charge in [0.25, 0.3) is 0 Å². The lowest BCUT2D eigenvalue weighted by Gasteiger charge is -2.12. The summed E-state index contributed by atoms with van der Waals surface area (Å²) in [6.45, 7) is 8.09. The molecule has 0 spiro atoms. The molecule has 1 unspecified atom stereocenters. The molecule has 0 aromatic heterocycles. The summed E-state index contributed by atoms with van der Waals surface area (Å²) in [6.07, 6.45) is 0. The fraction of sp³-hybridized carbons (Fsp3) is 0.381. The number of ether oxygens (including phenoxy) is 1. The van der Waals surface area contributed by atoms with E-state index in [4.69, 9.17) is 9.73 Å². The average Bonchev–Trinajstić information content (AvgIpc) is 2.98. The van der Waals surface area contributed by atoms with Gasteiger partial charge in [0.05, 0.1) is 11.6 Å². The quantitative estimate of drug-likeness (QED) is 0.788. The van der Waals surface area contributed by atoms with Crippen LogP contribution in [-0.2, 0) is 11.3 Å². The Bertz CT molecular complexity index is 754. The van der Waals surface area contributed by atoms with Crippen LogP contribution in [0.2, 0.25) is 0 Å². The van der Waals surface area contributed by atoms with Crippen LogP contribution in [0.1, 0.15) is 37.9 Å². The number of rotatable bonds is 4. The van der Waals surface area contributed by atoms with E-state index in [2.05, 4.69) is 86.3 Å². The second-order valence-electron chi connectivity index (χ2n) is 7.59. The summed E-state index contributed by atoms with van der Waals surface area (Å²) in [4.78, 5) is 7.36. The molecule has 0 saturated carbocycles. The van der Waals surface area contributed by atoms with E-state index in [0.717, 1.165) is 12.4 Å². The van der Waals surface area contributed by atoms with Gasteiger partial charge in [-0.05, 0) is 31.9 Å². The molecule has 2 heterocycles. The Hall–Kier alpha value is -2.13. The fourth-order valence-electron chi connectivity index (χ4n) is 3.71. The first kappa shape index (κ1) is 15.4. The van der Waals surface area contributed by atoms with Crippen LogP contribution in [0.25, 0.3) is 0 Å². The Morgan fingerprint density at radius 2 is 1.62 bits per heavy atom. The lowest BCUT2D eigenvalue weighted by Crippen LogP contribution is -2.26. The highest BCUT2D eigenvalue weighted by molar-refractivity contribution is 5.92. The molecule has 0 aliphatic carbocycles. The first-order valence-corrected chi connectivity index (χ1v) is 8.59. The zero-order chi connectivity index (χ0) is 16.8. The zero-order valence-corrected chi connectivity index (χ0v) is 14.6. The summed E-state index contributed by atoms with van der Waals surface area (Å²) in [5.41, 5.74) is 2.36. The highest BCUT2D eigenvalue weighted by atomic mass is 16.5. The summed E-state index contributed by atoms with van der Waals surface area (Å²) in [5.74, 6) is 0.886. The Balaban J connectivity index is 1.68. The lowest BCUT2D eigenvalue weighted by atomic mass is 10.0. The van der Waals surface area contributed by atoms with Crippen LogP contribution in [-0.4, -0.2) is 28.5 Å². The Kier molecular flexibility index (Phi) is 3.50. The predicted octanol–water partition coefficient (Wildman–Crippen LogP) is 4.21. The standard InChI is InChI=1S/C21H24N2O/c1-20(2)15-24-19(22-20)21(3)18(17-12-8-5-9-13-17)23(21)14-16-10-6-4-7-11-16/h4-13,18H,14-15H2,1-3H3/t18-,21+,23?/m1/s1. The molecule has 24 heavy (non-hydrogen) atoms. The van der Waals surface area contributed by atoms with Crippen LogP contribution < -0.4 is 0 Å². The number of benzene rings is 2. The molecular formula is C21H24N2O. The molecule has 124 valence electrons. The molecule has 3 atom stereocenters. The average molecular weight is 320 g/mol. The van der Waals surface area contributed by atoms with E-state index in [1.165, 1.54) is 11.1 Å². The van der Waals surface area contributed by atoms with E-state index in [1.807, 2.05) is 0 Å². The number of aliphatic imine (C=N–C) groups is 1. The maximum atomic E-state index is 6.02. The van der Waals surface area contributed by atoms with E-state index in [0.29, 0.717) is 12.6 Å². The maximum absolute atomic E-state index is 6.02. The minimum Gasteiger partial charge on any atom is -0.477 e. The number of nitrogens with zero attached hydrogens (tertiary/aromatic N) is 2. The summed E-state index contributed by atoms with van der Waals surface area (Å²) >= 11 is 0. The van der Waals surface area contributed by atoms with Gasteiger partial charge < -0.3 is 4.74 Å². The van der Waals surface area contributed by atoms with Crippen molar-refractivity contribution >= 4 is 5.90 Å². The summed E-state index contributed by atoms with van der Waals surface area (Å²) in [7, 11) is 0. The molecule has 1 saturated heterocycles. The summed E-state index contributed by atoms with van der Waals surface area (Å²) in [6, 6.07) is 21.6. The Morgan fingerprint density at radius 3 is 2.21 bits per heavy atom. The third kappa shape index (κ3) is 2.53. The van der Waals surface area contributed by atoms with Crippen molar-refractivity contribution in [3.05, 3.63) is 71.8 Å². The van der Waals surface area contributed by atoms with E-state index in [-0.39, 0.29) is 11.1 Å². The molecule has 0 radical (unpaired) electrons. The van der Waals surface area contributed by atoms with Crippen LogP contribution in [0.3, 0.4) is 0 Å². The van der Waals surface area contributed by atoms with Crippen molar-refractivity contribution in [3.63, 3.8) is 0 Å². The Morgan fingerprint density at radius 1 is 1.00 bits per heavy atom. The molecule has 2 aromatic rings. The largest absolute Gasteiger partial charge is 0.477 e. The molecular weight excluding hydrogens is 296 g/mol. The topological polar surface area (TPSA) is 24.6 Å². The van der Waals surface area contributed by atoms with Crippen molar-refractivity contribution in [1.29, 1.82) is 0 Å².